The van der Waals surface area contributed by atoms with E-state index in [1.807, 2.05) is 0 Å². The fourth-order valence-corrected chi connectivity index (χ4v) is 2.40. The minimum atomic E-state index is -0.869. The van der Waals surface area contributed by atoms with E-state index in [4.69, 9.17) is 10.8 Å². The van der Waals surface area contributed by atoms with Gasteiger partial charge in [0.2, 0.25) is 5.91 Å². The Bertz CT molecular complexity index is 281. The Morgan fingerprint density at radius 1 is 1.17 bits per heavy atom. The number of rotatable bonds is 7. The van der Waals surface area contributed by atoms with Gasteiger partial charge in [-0.15, -0.1) is 0 Å². The minimum absolute atomic E-state index is 0.00477. The number of hydrogen-bond acceptors (Lipinski definition) is 3. The van der Waals surface area contributed by atoms with Gasteiger partial charge in [-0.2, -0.15) is 0 Å². The predicted molar refractivity (Wildman–Crippen MR) is 69.1 cm³/mol. The summed E-state index contributed by atoms with van der Waals surface area (Å²) in [5.74, 6) is -0.874. The first kappa shape index (κ1) is 15.0. The zero-order chi connectivity index (χ0) is 13.4. The van der Waals surface area contributed by atoms with Gasteiger partial charge in [0.25, 0.3) is 0 Å². The van der Waals surface area contributed by atoms with Crippen LogP contribution in [0.5, 0.6) is 0 Å². The summed E-state index contributed by atoms with van der Waals surface area (Å²) < 4.78 is 0. The average Bonchev–Trinajstić information content (AvgIpc) is 2.38. The summed E-state index contributed by atoms with van der Waals surface area (Å²) in [7, 11) is 0. The molecule has 1 fully saturated rings. The Morgan fingerprint density at radius 3 is 2.56 bits per heavy atom. The third-order valence-electron chi connectivity index (χ3n) is 3.45. The third kappa shape index (κ3) is 4.64. The van der Waals surface area contributed by atoms with Gasteiger partial charge in [-0.1, -0.05) is 12.8 Å². The number of amides is 1. The summed E-state index contributed by atoms with van der Waals surface area (Å²) in [6, 6.07) is -0.602. The molecule has 5 nitrogen and oxygen atoms in total. The van der Waals surface area contributed by atoms with E-state index in [9.17, 15) is 9.59 Å². The van der Waals surface area contributed by atoms with E-state index in [0.717, 1.165) is 38.5 Å². The van der Waals surface area contributed by atoms with Crippen LogP contribution in [-0.4, -0.2) is 41.0 Å². The van der Waals surface area contributed by atoms with E-state index in [-0.39, 0.29) is 5.91 Å². The van der Waals surface area contributed by atoms with Crippen molar-refractivity contribution in [3.05, 3.63) is 0 Å². The first-order valence-corrected chi connectivity index (χ1v) is 6.89. The molecule has 0 unspecified atom stereocenters. The van der Waals surface area contributed by atoms with Gasteiger partial charge in [-0.3, -0.25) is 4.79 Å². The van der Waals surface area contributed by atoms with Crippen LogP contribution in [0.1, 0.15) is 51.4 Å². The molecule has 1 aliphatic rings. The summed E-state index contributed by atoms with van der Waals surface area (Å²) in [4.78, 5) is 24.6. The van der Waals surface area contributed by atoms with Crippen molar-refractivity contribution in [2.24, 2.45) is 5.73 Å². The summed E-state index contributed by atoms with van der Waals surface area (Å²) in [5, 5.41) is 9.09. The van der Waals surface area contributed by atoms with Crippen LogP contribution in [0.15, 0.2) is 0 Å². The number of carbonyl (C=O) groups is 2. The van der Waals surface area contributed by atoms with Crippen LogP contribution in [0.2, 0.25) is 0 Å². The molecule has 18 heavy (non-hydrogen) atoms. The number of hydrogen-bond donors (Lipinski definition) is 2. The van der Waals surface area contributed by atoms with E-state index >= 15 is 0 Å². The van der Waals surface area contributed by atoms with Crippen molar-refractivity contribution in [2.45, 2.75) is 57.4 Å². The molecule has 1 aliphatic heterocycles. The van der Waals surface area contributed by atoms with Crippen molar-refractivity contribution >= 4 is 11.9 Å². The molecule has 0 saturated carbocycles. The van der Waals surface area contributed by atoms with Gasteiger partial charge in [0.05, 0.1) is 0 Å². The number of unbranched alkanes of at least 4 members (excludes halogenated alkanes) is 3. The van der Waals surface area contributed by atoms with Crippen LogP contribution in [0.3, 0.4) is 0 Å². The lowest BCUT2D eigenvalue weighted by Crippen LogP contribution is -2.47. The molecule has 0 bridgehead atoms. The van der Waals surface area contributed by atoms with Gasteiger partial charge in [-0.05, 0) is 38.6 Å². The highest BCUT2D eigenvalue weighted by Gasteiger charge is 2.31. The van der Waals surface area contributed by atoms with E-state index in [2.05, 4.69) is 0 Å². The van der Waals surface area contributed by atoms with Crippen molar-refractivity contribution in [3.63, 3.8) is 0 Å². The molecular weight excluding hydrogens is 232 g/mol. The molecule has 0 radical (unpaired) electrons. The van der Waals surface area contributed by atoms with Crippen molar-refractivity contribution in [1.29, 1.82) is 0 Å². The van der Waals surface area contributed by atoms with Crippen molar-refractivity contribution in [3.8, 4) is 0 Å². The maximum absolute atomic E-state index is 12.0. The molecule has 0 aliphatic carbocycles. The molecule has 3 N–H and O–H groups in total. The van der Waals surface area contributed by atoms with Gasteiger partial charge in [0, 0.05) is 13.0 Å². The highest BCUT2D eigenvalue weighted by atomic mass is 16.4. The molecule has 1 rings (SSSR count). The summed E-state index contributed by atoms with van der Waals surface area (Å²) in [6.07, 6.45) is 6.75. The number of aliphatic carboxylic acids is 1. The van der Waals surface area contributed by atoms with Crippen LogP contribution in [0, 0.1) is 0 Å². The number of carboxylic acids is 1. The molecule has 5 heteroatoms. The van der Waals surface area contributed by atoms with Gasteiger partial charge < -0.3 is 15.7 Å². The fourth-order valence-electron chi connectivity index (χ4n) is 2.40. The lowest BCUT2D eigenvalue weighted by atomic mass is 10.0. The quantitative estimate of drug-likeness (QED) is 0.674. The second-order valence-corrected chi connectivity index (χ2v) is 4.89. The first-order valence-electron chi connectivity index (χ1n) is 6.89. The third-order valence-corrected chi connectivity index (χ3v) is 3.45. The average molecular weight is 256 g/mol. The number of carbonyl (C=O) groups excluding carboxylic acids is 1. The lowest BCUT2D eigenvalue weighted by Gasteiger charge is -2.33. The second-order valence-electron chi connectivity index (χ2n) is 4.89. The Morgan fingerprint density at radius 2 is 1.89 bits per heavy atom. The minimum Gasteiger partial charge on any atom is -0.480 e. The van der Waals surface area contributed by atoms with Crippen molar-refractivity contribution in [1.82, 2.24) is 4.90 Å². The van der Waals surface area contributed by atoms with Gasteiger partial charge in [-0.25, -0.2) is 4.79 Å². The van der Waals surface area contributed by atoms with Crippen LogP contribution in [0.4, 0.5) is 0 Å². The molecule has 1 amide bonds. The molecular formula is C13H24N2O3. The lowest BCUT2D eigenvalue weighted by molar-refractivity contribution is -0.152. The topological polar surface area (TPSA) is 83.6 Å². The van der Waals surface area contributed by atoms with E-state index < -0.39 is 12.0 Å². The molecule has 1 heterocycles. The largest absolute Gasteiger partial charge is 0.480 e. The van der Waals surface area contributed by atoms with Gasteiger partial charge in [0.15, 0.2) is 0 Å². The second kappa shape index (κ2) is 8.08. The SMILES string of the molecule is NCCCCCCC(=O)N1CCCC[C@H]1C(=O)O. The van der Waals surface area contributed by atoms with Gasteiger partial charge >= 0.3 is 5.97 Å². The monoisotopic (exact) mass is 256 g/mol. The summed E-state index contributed by atoms with van der Waals surface area (Å²) in [6.45, 7) is 1.29. The smallest absolute Gasteiger partial charge is 0.326 e. The molecule has 0 aromatic heterocycles. The maximum Gasteiger partial charge on any atom is 0.326 e. The standard InChI is InChI=1S/C13H24N2O3/c14-9-5-2-1-3-8-12(16)15-10-6-4-7-11(15)13(17)18/h11H,1-10,14H2,(H,17,18)/t11-/m0/s1. The van der Waals surface area contributed by atoms with Crippen molar-refractivity contribution in [2.75, 3.05) is 13.1 Å². The molecule has 1 saturated heterocycles. The van der Waals surface area contributed by atoms with E-state index in [0.29, 0.717) is 25.9 Å². The van der Waals surface area contributed by atoms with Crippen LogP contribution >= 0.6 is 0 Å². The Labute approximate surface area is 108 Å². The van der Waals surface area contributed by atoms with Crippen LogP contribution in [0.25, 0.3) is 0 Å². The Hall–Kier alpha value is -1.10. The Kier molecular flexibility index (Phi) is 6.72. The first-order chi connectivity index (χ1) is 8.66. The number of piperidine rings is 1. The molecule has 0 aromatic carbocycles. The summed E-state index contributed by atoms with van der Waals surface area (Å²) in [5.41, 5.74) is 5.40. The molecule has 104 valence electrons. The van der Waals surface area contributed by atoms with E-state index in [1.165, 1.54) is 0 Å². The number of nitrogens with two attached hydrogens (primary N) is 1. The fraction of sp³-hybridized carbons (Fsp3) is 0.846. The highest BCUT2D eigenvalue weighted by Crippen LogP contribution is 2.19. The zero-order valence-electron chi connectivity index (χ0n) is 10.9. The van der Waals surface area contributed by atoms with Crippen LogP contribution in [-0.2, 0) is 9.59 Å². The number of nitrogens with zero attached hydrogens (tertiary/aromatic N) is 1. The number of carboxylic acid groups (broad SMARTS) is 1. The molecule has 1 atom stereocenters. The van der Waals surface area contributed by atoms with Crippen molar-refractivity contribution < 1.29 is 14.7 Å². The van der Waals surface area contributed by atoms with Crippen LogP contribution < -0.4 is 5.73 Å². The highest BCUT2D eigenvalue weighted by molar-refractivity contribution is 5.83. The molecule has 0 aromatic rings. The zero-order valence-corrected chi connectivity index (χ0v) is 10.9. The van der Waals surface area contributed by atoms with E-state index in [1.54, 1.807) is 4.90 Å². The predicted octanol–water partition coefficient (Wildman–Crippen LogP) is 1.36. The summed E-state index contributed by atoms with van der Waals surface area (Å²) >= 11 is 0. The normalized spacial score (nSPS) is 19.8. The molecule has 0 spiro atoms. The Balaban J connectivity index is 2.32. The number of likely N-dealkylation sites (tertiary alicyclic amines) is 1. The van der Waals surface area contributed by atoms with Gasteiger partial charge in [0.1, 0.15) is 6.04 Å². The maximum atomic E-state index is 12.0.